The second kappa shape index (κ2) is 4.80. The first-order chi connectivity index (χ1) is 7.74. The average molecular weight is 226 g/mol. The highest BCUT2D eigenvalue weighted by Crippen LogP contribution is 2.23. The molecule has 6 nitrogen and oxygen atoms in total. The van der Waals surface area contributed by atoms with Crippen LogP contribution in [-0.4, -0.2) is 41.0 Å². The smallest absolute Gasteiger partial charge is 0.266 e. The summed E-state index contributed by atoms with van der Waals surface area (Å²) in [6.45, 7) is 6.41. The summed E-state index contributed by atoms with van der Waals surface area (Å²) < 4.78 is 5.21. The van der Waals surface area contributed by atoms with Crippen LogP contribution in [0.25, 0.3) is 0 Å². The molecule has 90 valence electrons. The van der Waals surface area contributed by atoms with Crippen molar-refractivity contribution in [2.45, 2.75) is 32.4 Å². The maximum absolute atomic E-state index is 9.41. The lowest BCUT2D eigenvalue weighted by Crippen LogP contribution is -2.23. The first-order valence-corrected chi connectivity index (χ1v) is 5.74. The van der Waals surface area contributed by atoms with Crippen LogP contribution >= 0.6 is 0 Å². The number of anilines is 1. The summed E-state index contributed by atoms with van der Waals surface area (Å²) in [7, 11) is 0. The molecule has 0 bridgehead atoms. The summed E-state index contributed by atoms with van der Waals surface area (Å²) in [5.74, 6) is 1.20. The zero-order chi connectivity index (χ0) is 11.5. The van der Waals surface area contributed by atoms with E-state index < -0.39 is 0 Å². The topological polar surface area (TPSA) is 74.4 Å². The van der Waals surface area contributed by atoms with E-state index >= 15 is 0 Å². The van der Waals surface area contributed by atoms with Gasteiger partial charge in [-0.15, -0.1) is 0 Å². The Balaban J connectivity index is 2.07. The molecule has 0 radical (unpaired) electrons. The molecule has 6 heteroatoms. The van der Waals surface area contributed by atoms with Crippen LogP contribution in [0, 0.1) is 0 Å². The maximum atomic E-state index is 9.41. The number of hydrogen-bond acceptors (Lipinski definition) is 6. The van der Waals surface area contributed by atoms with E-state index in [0.717, 1.165) is 13.1 Å². The van der Waals surface area contributed by atoms with Crippen molar-refractivity contribution < 1.29 is 9.63 Å². The normalized spacial score (nSPS) is 24.9. The minimum atomic E-state index is -0.311. The van der Waals surface area contributed by atoms with Gasteiger partial charge in [-0.2, -0.15) is 4.98 Å². The van der Waals surface area contributed by atoms with Gasteiger partial charge in [0.2, 0.25) is 5.89 Å². The van der Waals surface area contributed by atoms with Crippen LogP contribution in [-0.2, 0) is 0 Å². The quantitative estimate of drug-likeness (QED) is 0.769. The van der Waals surface area contributed by atoms with Crippen molar-refractivity contribution in [3.63, 3.8) is 0 Å². The standard InChI is InChI=1S/C10H18N4O2/c1-3-14(4-2)10-12-9(16-13-10)8-5-7(15)6-11-8/h7-8,11,15H,3-6H2,1-2H3/t7-,8+/m1/s1. The van der Waals surface area contributed by atoms with E-state index in [9.17, 15) is 5.11 Å². The Morgan fingerprint density at radius 1 is 1.50 bits per heavy atom. The van der Waals surface area contributed by atoms with E-state index in [-0.39, 0.29) is 12.1 Å². The molecule has 0 aromatic carbocycles. The molecule has 1 fully saturated rings. The number of hydrogen-bond donors (Lipinski definition) is 2. The predicted octanol–water partition coefficient (Wildman–Crippen LogP) is 0.311. The van der Waals surface area contributed by atoms with Crippen LogP contribution in [0.15, 0.2) is 4.52 Å². The summed E-state index contributed by atoms with van der Waals surface area (Å²) in [4.78, 5) is 6.37. The van der Waals surface area contributed by atoms with Crippen LogP contribution in [0.2, 0.25) is 0 Å². The molecule has 2 atom stereocenters. The Morgan fingerprint density at radius 2 is 2.25 bits per heavy atom. The first kappa shape index (κ1) is 11.3. The summed E-state index contributed by atoms with van der Waals surface area (Å²) in [5.41, 5.74) is 0. The van der Waals surface area contributed by atoms with Gasteiger partial charge in [0.15, 0.2) is 0 Å². The van der Waals surface area contributed by atoms with Crippen LogP contribution in [0.5, 0.6) is 0 Å². The van der Waals surface area contributed by atoms with Crippen LogP contribution in [0.3, 0.4) is 0 Å². The molecule has 1 aliphatic rings. The molecule has 0 unspecified atom stereocenters. The van der Waals surface area contributed by atoms with Crippen LogP contribution in [0.1, 0.15) is 32.2 Å². The van der Waals surface area contributed by atoms with Crippen molar-refractivity contribution in [1.29, 1.82) is 0 Å². The first-order valence-electron chi connectivity index (χ1n) is 5.74. The third-order valence-electron chi connectivity index (χ3n) is 2.88. The van der Waals surface area contributed by atoms with Crippen LogP contribution in [0.4, 0.5) is 5.95 Å². The highest BCUT2D eigenvalue weighted by atomic mass is 16.5. The third-order valence-corrected chi connectivity index (χ3v) is 2.88. The van der Waals surface area contributed by atoms with Gasteiger partial charge >= 0.3 is 0 Å². The number of β-amino-alcohol motifs (C(OH)–C–C–N with tert-alkyl or cyclic N) is 1. The minimum Gasteiger partial charge on any atom is -0.392 e. The molecule has 0 aliphatic carbocycles. The molecule has 2 heterocycles. The molecule has 2 N–H and O–H groups in total. The lowest BCUT2D eigenvalue weighted by atomic mass is 10.2. The van der Waals surface area contributed by atoms with E-state index in [1.165, 1.54) is 0 Å². The third kappa shape index (κ3) is 2.17. The van der Waals surface area contributed by atoms with Gasteiger partial charge in [0, 0.05) is 19.6 Å². The van der Waals surface area contributed by atoms with E-state index in [0.29, 0.717) is 24.8 Å². The molecule has 0 saturated carbocycles. The zero-order valence-electron chi connectivity index (χ0n) is 9.68. The van der Waals surface area contributed by atoms with E-state index in [1.54, 1.807) is 0 Å². The molecular weight excluding hydrogens is 208 g/mol. The highest BCUT2D eigenvalue weighted by Gasteiger charge is 2.28. The fourth-order valence-corrected chi connectivity index (χ4v) is 1.91. The van der Waals surface area contributed by atoms with E-state index in [4.69, 9.17) is 4.52 Å². The fourth-order valence-electron chi connectivity index (χ4n) is 1.91. The lowest BCUT2D eigenvalue weighted by Gasteiger charge is -2.14. The van der Waals surface area contributed by atoms with E-state index in [1.807, 2.05) is 4.90 Å². The van der Waals surface area contributed by atoms with Crippen molar-refractivity contribution in [2.75, 3.05) is 24.5 Å². The number of aromatic nitrogens is 2. The molecular formula is C10H18N4O2. The highest BCUT2D eigenvalue weighted by molar-refractivity contribution is 5.27. The molecule has 1 saturated heterocycles. The Morgan fingerprint density at radius 3 is 2.81 bits per heavy atom. The summed E-state index contributed by atoms with van der Waals surface area (Å²) in [6.07, 6.45) is 0.327. The molecule has 2 rings (SSSR count). The Labute approximate surface area is 94.6 Å². The number of nitrogens with zero attached hydrogens (tertiary/aromatic N) is 3. The molecule has 1 aliphatic heterocycles. The maximum Gasteiger partial charge on any atom is 0.266 e. The summed E-state index contributed by atoms with van der Waals surface area (Å²) >= 11 is 0. The van der Waals surface area contributed by atoms with Gasteiger partial charge < -0.3 is 19.8 Å². The van der Waals surface area contributed by atoms with Crippen molar-refractivity contribution in [2.24, 2.45) is 0 Å². The second-order valence-corrected chi connectivity index (χ2v) is 3.96. The van der Waals surface area contributed by atoms with Gasteiger partial charge in [0.25, 0.3) is 5.95 Å². The molecule has 16 heavy (non-hydrogen) atoms. The van der Waals surface area contributed by atoms with Gasteiger partial charge in [0.1, 0.15) is 0 Å². The SMILES string of the molecule is CCN(CC)c1noc([C@@H]2C[C@@H](O)CN2)n1. The molecule has 1 aromatic heterocycles. The number of nitrogens with one attached hydrogen (secondary N) is 1. The van der Waals surface area contributed by atoms with Gasteiger partial charge in [-0.1, -0.05) is 0 Å². The van der Waals surface area contributed by atoms with Crippen molar-refractivity contribution in [3.8, 4) is 0 Å². The number of aliphatic hydroxyl groups is 1. The van der Waals surface area contributed by atoms with Crippen molar-refractivity contribution in [3.05, 3.63) is 5.89 Å². The Hall–Kier alpha value is -1.14. The predicted molar refractivity (Wildman–Crippen MR) is 59.2 cm³/mol. The van der Waals surface area contributed by atoms with E-state index in [2.05, 4.69) is 29.3 Å². The number of rotatable bonds is 4. The summed E-state index contributed by atoms with van der Waals surface area (Å²) in [6, 6.07) is -0.00758. The van der Waals surface area contributed by atoms with Crippen molar-refractivity contribution >= 4 is 5.95 Å². The van der Waals surface area contributed by atoms with Gasteiger partial charge in [0.05, 0.1) is 12.1 Å². The van der Waals surface area contributed by atoms with Gasteiger partial charge in [-0.25, -0.2) is 0 Å². The monoisotopic (exact) mass is 226 g/mol. The van der Waals surface area contributed by atoms with Crippen LogP contribution < -0.4 is 10.2 Å². The zero-order valence-corrected chi connectivity index (χ0v) is 9.68. The van der Waals surface area contributed by atoms with Gasteiger partial charge in [-0.3, -0.25) is 0 Å². The largest absolute Gasteiger partial charge is 0.392 e. The van der Waals surface area contributed by atoms with Crippen molar-refractivity contribution in [1.82, 2.24) is 15.5 Å². The summed E-state index contributed by atoms with van der Waals surface area (Å²) in [5, 5.41) is 16.5. The Bertz CT molecular complexity index is 337. The lowest BCUT2D eigenvalue weighted by molar-refractivity contribution is 0.191. The number of aliphatic hydroxyl groups excluding tert-OH is 1. The molecule has 1 aromatic rings. The second-order valence-electron chi connectivity index (χ2n) is 3.96. The minimum absolute atomic E-state index is 0.00758. The fraction of sp³-hybridized carbons (Fsp3) is 0.800. The molecule has 0 amide bonds. The average Bonchev–Trinajstić information content (AvgIpc) is 2.89. The van der Waals surface area contributed by atoms with Gasteiger partial charge in [-0.05, 0) is 25.4 Å². The Kier molecular flexibility index (Phi) is 3.40. The molecule has 0 spiro atoms.